The van der Waals surface area contributed by atoms with Gasteiger partial charge in [0.1, 0.15) is 11.9 Å². The van der Waals surface area contributed by atoms with E-state index in [4.69, 9.17) is 0 Å². The molecular formula is C15H17N5O2. The lowest BCUT2D eigenvalue weighted by Crippen LogP contribution is -2.39. The van der Waals surface area contributed by atoms with E-state index < -0.39 is 6.04 Å². The summed E-state index contributed by atoms with van der Waals surface area (Å²) in [6, 6.07) is 9.27. The molecule has 2 aromatic rings. The van der Waals surface area contributed by atoms with Crippen molar-refractivity contribution in [2.75, 3.05) is 11.9 Å². The van der Waals surface area contributed by atoms with Crippen LogP contribution in [0.5, 0.6) is 0 Å². The summed E-state index contributed by atoms with van der Waals surface area (Å²) in [6.45, 7) is 2.24. The zero-order chi connectivity index (χ0) is 15.5. The van der Waals surface area contributed by atoms with Crippen LogP contribution in [-0.4, -0.2) is 33.1 Å². The van der Waals surface area contributed by atoms with Gasteiger partial charge in [0, 0.05) is 6.54 Å². The Hall–Kier alpha value is -2.70. The predicted octanol–water partition coefficient (Wildman–Crippen LogP) is 0.829. The maximum atomic E-state index is 12.3. The van der Waals surface area contributed by atoms with Crippen LogP contribution in [0.1, 0.15) is 23.9 Å². The van der Waals surface area contributed by atoms with Crippen molar-refractivity contribution in [3.8, 4) is 0 Å². The van der Waals surface area contributed by atoms with Crippen molar-refractivity contribution in [1.82, 2.24) is 20.1 Å². The normalized spacial score (nSPS) is 16.8. The van der Waals surface area contributed by atoms with Crippen LogP contribution in [0, 0.1) is 6.92 Å². The quantitative estimate of drug-likeness (QED) is 0.875. The monoisotopic (exact) mass is 299 g/mol. The van der Waals surface area contributed by atoms with Crippen LogP contribution >= 0.6 is 0 Å². The van der Waals surface area contributed by atoms with Crippen LogP contribution < -0.4 is 10.6 Å². The van der Waals surface area contributed by atoms with Crippen molar-refractivity contribution in [2.24, 2.45) is 0 Å². The minimum atomic E-state index is -0.638. The highest BCUT2D eigenvalue weighted by Crippen LogP contribution is 2.22. The third-order valence-electron chi connectivity index (χ3n) is 3.52. The van der Waals surface area contributed by atoms with Crippen molar-refractivity contribution in [1.29, 1.82) is 0 Å². The number of nitrogens with one attached hydrogen (secondary N) is 2. The lowest BCUT2D eigenvalue weighted by molar-refractivity contribution is -0.128. The van der Waals surface area contributed by atoms with Gasteiger partial charge < -0.3 is 5.32 Å². The molecule has 0 aliphatic carbocycles. The van der Waals surface area contributed by atoms with Gasteiger partial charge in [-0.15, -0.1) is 0 Å². The predicted molar refractivity (Wildman–Crippen MR) is 80.2 cm³/mol. The van der Waals surface area contributed by atoms with Crippen molar-refractivity contribution < 1.29 is 9.59 Å². The van der Waals surface area contributed by atoms with E-state index in [-0.39, 0.29) is 18.2 Å². The third kappa shape index (κ3) is 2.98. The Labute approximate surface area is 127 Å². The number of nitrogens with zero attached hydrogens (tertiary/aromatic N) is 3. The number of aromatic nitrogens is 3. The minimum Gasteiger partial charge on any atom is -0.354 e. The smallest absolute Gasteiger partial charge is 0.245 e. The maximum absolute atomic E-state index is 12.3. The van der Waals surface area contributed by atoms with Crippen molar-refractivity contribution in [3.05, 3.63) is 41.7 Å². The van der Waals surface area contributed by atoms with E-state index >= 15 is 0 Å². The standard InChI is InChI=1S/C15H17N5O2/c1-10-17-15-18-13(21)9-12(20(15)19-10)14(22)16-8-7-11-5-3-2-4-6-11/h2-6,12H,7-9H2,1H3,(H,16,22)(H,17,18,19,21). The number of carbonyl (C=O) groups excluding carboxylic acids is 2. The highest BCUT2D eigenvalue weighted by atomic mass is 16.2. The van der Waals surface area contributed by atoms with Crippen LogP contribution in [0.3, 0.4) is 0 Å². The van der Waals surface area contributed by atoms with Gasteiger partial charge in [0.25, 0.3) is 0 Å². The number of hydrogen-bond acceptors (Lipinski definition) is 4. The van der Waals surface area contributed by atoms with E-state index in [1.165, 1.54) is 4.68 Å². The summed E-state index contributed by atoms with van der Waals surface area (Å²) in [5.41, 5.74) is 1.15. The Morgan fingerprint density at radius 3 is 2.95 bits per heavy atom. The second-order valence-electron chi connectivity index (χ2n) is 5.22. The molecule has 3 rings (SSSR count). The molecule has 22 heavy (non-hydrogen) atoms. The molecule has 7 heteroatoms. The van der Waals surface area contributed by atoms with Crippen LogP contribution in [0.25, 0.3) is 0 Å². The molecule has 0 bridgehead atoms. The molecule has 2 amide bonds. The van der Waals surface area contributed by atoms with Gasteiger partial charge in [0.2, 0.25) is 17.8 Å². The molecule has 114 valence electrons. The fourth-order valence-electron chi connectivity index (χ4n) is 2.47. The van der Waals surface area contributed by atoms with Crippen LogP contribution in [-0.2, 0) is 16.0 Å². The molecule has 1 aliphatic heterocycles. The summed E-state index contributed by atoms with van der Waals surface area (Å²) in [4.78, 5) is 28.1. The highest BCUT2D eigenvalue weighted by Gasteiger charge is 2.32. The lowest BCUT2D eigenvalue weighted by atomic mass is 10.1. The Morgan fingerprint density at radius 1 is 1.41 bits per heavy atom. The summed E-state index contributed by atoms with van der Waals surface area (Å²) in [5.74, 6) is 0.427. The molecule has 0 radical (unpaired) electrons. The average molecular weight is 299 g/mol. The van der Waals surface area contributed by atoms with E-state index in [1.807, 2.05) is 30.3 Å². The Kier molecular flexibility index (Phi) is 3.86. The first-order valence-electron chi connectivity index (χ1n) is 7.18. The number of benzene rings is 1. The largest absolute Gasteiger partial charge is 0.354 e. The molecule has 1 aliphatic rings. The summed E-state index contributed by atoms with van der Waals surface area (Å²) in [7, 11) is 0. The summed E-state index contributed by atoms with van der Waals surface area (Å²) in [5, 5.41) is 9.67. The van der Waals surface area contributed by atoms with Crippen LogP contribution in [0.15, 0.2) is 30.3 Å². The number of fused-ring (bicyclic) bond motifs is 1. The molecule has 2 heterocycles. The second kappa shape index (κ2) is 5.97. The van der Waals surface area contributed by atoms with E-state index in [0.717, 1.165) is 12.0 Å². The van der Waals surface area contributed by atoms with E-state index in [2.05, 4.69) is 20.7 Å². The van der Waals surface area contributed by atoms with Gasteiger partial charge >= 0.3 is 0 Å². The van der Waals surface area contributed by atoms with Gasteiger partial charge in [-0.25, -0.2) is 4.68 Å². The zero-order valence-corrected chi connectivity index (χ0v) is 12.2. The number of amides is 2. The fourth-order valence-corrected chi connectivity index (χ4v) is 2.47. The van der Waals surface area contributed by atoms with Gasteiger partial charge in [-0.05, 0) is 18.9 Å². The summed E-state index contributed by atoms with van der Waals surface area (Å²) < 4.78 is 1.48. The van der Waals surface area contributed by atoms with Gasteiger partial charge in [-0.3, -0.25) is 14.9 Å². The van der Waals surface area contributed by atoms with Crippen molar-refractivity contribution >= 4 is 17.8 Å². The number of anilines is 1. The maximum Gasteiger partial charge on any atom is 0.245 e. The second-order valence-corrected chi connectivity index (χ2v) is 5.22. The molecule has 1 aromatic heterocycles. The Morgan fingerprint density at radius 2 is 2.18 bits per heavy atom. The highest BCUT2D eigenvalue weighted by molar-refractivity contribution is 5.96. The average Bonchev–Trinajstić information content (AvgIpc) is 2.87. The van der Waals surface area contributed by atoms with Gasteiger partial charge in [0.05, 0.1) is 6.42 Å². The molecule has 0 fully saturated rings. The topological polar surface area (TPSA) is 88.9 Å². The zero-order valence-electron chi connectivity index (χ0n) is 12.2. The Balaban J connectivity index is 1.64. The summed E-state index contributed by atoms with van der Waals surface area (Å²) >= 11 is 0. The number of hydrogen-bond donors (Lipinski definition) is 2. The molecule has 1 atom stereocenters. The van der Waals surface area contributed by atoms with E-state index in [9.17, 15) is 9.59 Å². The van der Waals surface area contributed by atoms with Crippen molar-refractivity contribution in [2.45, 2.75) is 25.8 Å². The third-order valence-corrected chi connectivity index (χ3v) is 3.52. The number of rotatable bonds is 4. The van der Waals surface area contributed by atoms with Crippen LogP contribution in [0.2, 0.25) is 0 Å². The number of carbonyl (C=O) groups is 2. The molecule has 2 N–H and O–H groups in total. The molecule has 0 saturated heterocycles. The molecule has 0 saturated carbocycles. The molecular weight excluding hydrogens is 282 g/mol. The Bertz CT molecular complexity index is 695. The van der Waals surface area contributed by atoms with E-state index in [1.54, 1.807) is 6.92 Å². The molecule has 1 aromatic carbocycles. The molecule has 0 spiro atoms. The van der Waals surface area contributed by atoms with Gasteiger partial charge in [-0.2, -0.15) is 10.1 Å². The van der Waals surface area contributed by atoms with Crippen molar-refractivity contribution in [3.63, 3.8) is 0 Å². The first kappa shape index (κ1) is 14.2. The first-order chi connectivity index (χ1) is 10.6. The minimum absolute atomic E-state index is 0.0764. The van der Waals surface area contributed by atoms with Gasteiger partial charge in [0.15, 0.2) is 0 Å². The fraction of sp³-hybridized carbons (Fsp3) is 0.333. The van der Waals surface area contributed by atoms with Crippen LogP contribution in [0.4, 0.5) is 5.95 Å². The first-order valence-corrected chi connectivity index (χ1v) is 7.18. The lowest BCUT2D eigenvalue weighted by Gasteiger charge is -2.22. The molecule has 7 nitrogen and oxygen atoms in total. The molecule has 1 unspecified atom stereocenters. The number of aryl methyl sites for hydroxylation is 1. The SMILES string of the molecule is Cc1nc2n(n1)C(C(=O)NCCc1ccccc1)CC(=O)N2. The summed E-state index contributed by atoms with van der Waals surface area (Å²) in [6.07, 6.45) is 0.821. The van der Waals surface area contributed by atoms with Gasteiger partial charge in [-0.1, -0.05) is 30.3 Å². The van der Waals surface area contributed by atoms with E-state index in [0.29, 0.717) is 18.3 Å².